The third-order valence-corrected chi connectivity index (χ3v) is 8.71. The Balaban J connectivity index is 1.63. The van der Waals surface area contributed by atoms with Gasteiger partial charge in [0.05, 0.1) is 60.9 Å². The number of carbonyl (C=O) groups is 4. The summed E-state index contributed by atoms with van der Waals surface area (Å²) in [6, 6.07) is 3.52. The molecule has 0 bridgehead atoms. The maximum atomic E-state index is 13.8. The summed E-state index contributed by atoms with van der Waals surface area (Å²) in [6.45, 7) is 0.637. The molecule has 1 amide bonds. The minimum absolute atomic E-state index is 0.0317. The summed E-state index contributed by atoms with van der Waals surface area (Å²) in [5.41, 5.74) is 3.95. The second-order valence-corrected chi connectivity index (χ2v) is 11.7. The molecule has 1 saturated heterocycles. The molecule has 5 rings (SSSR count). The molecule has 9 N–H and O–H groups in total. The van der Waals surface area contributed by atoms with Crippen LogP contribution in [0.25, 0.3) is 0 Å². The Morgan fingerprint density at radius 1 is 1.13 bits per heavy atom. The van der Waals surface area contributed by atoms with E-state index in [-0.39, 0.29) is 34.4 Å². The van der Waals surface area contributed by atoms with E-state index in [2.05, 4.69) is 10.5 Å². The van der Waals surface area contributed by atoms with Crippen molar-refractivity contribution in [3.8, 4) is 17.2 Å². The Morgan fingerprint density at radius 2 is 1.83 bits per heavy atom. The van der Waals surface area contributed by atoms with Gasteiger partial charge in [0.1, 0.15) is 22.8 Å². The predicted octanol–water partition coefficient (Wildman–Crippen LogP) is -0.231. The van der Waals surface area contributed by atoms with Crippen LogP contribution in [0.15, 0.2) is 23.3 Å². The molecule has 47 heavy (non-hydrogen) atoms. The topological polar surface area (TPSA) is 268 Å². The van der Waals surface area contributed by atoms with E-state index >= 15 is 0 Å². The molecule has 0 spiro atoms. The van der Waals surface area contributed by atoms with Crippen LogP contribution in [0, 0.1) is 0 Å². The number of nitrogens with two attached hydrogens (primary N) is 1. The number of aromatic hydroxyl groups is 2. The Kier molecular flexibility index (Phi) is 9.36. The van der Waals surface area contributed by atoms with Crippen LogP contribution in [-0.2, 0) is 25.5 Å². The molecule has 16 heteroatoms. The Labute approximate surface area is 267 Å². The summed E-state index contributed by atoms with van der Waals surface area (Å²) in [5, 5.41) is 68.4. The molecule has 16 nitrogen and oxygen atoms in total. The van der Waals surface area contributed by atoms with Gasteiger partial charge >= 0.3 is 5.97 Å². The molecule has 1 fully saturated rings. The number of methoxy groups -OCH3 is 1. The minimum atomic E-state index is -2.20. The van der Waals surface area contributed by atoms with Crippen LogP contribution in [0.5, 0.6) is 17.2 Å². The zero-order chi connectivity index (χ0) is 34.4. The highest BCUT2D eigenvalue weighted by Gasteiger charge is 2.49. The fourth-order valence-electron chi connectivity index (χ4n) is 6.30. The van der Waals surface area contributed by atoms with E-state index in [1.165, 1.54) is 25.3 Å². The van der Waals surface area contributed by atoms with Crippen molar-refractivity contribution in [2.45, 2.75) is 75.3 Å². The molecule has 6 unspecified atom stereocenters. The van der Waals surface area contributed by atoms with Crippen molar-refractivity contribution in [1.29, 1.82) is 0 Å². The van der Waals surface area contributed by atoms with Crippen molar-refractivity contribution >= 4 is 29.2 Å². The molecule has 1 aliphatic heterocycles. The highest BCUT2D eigenvalue weighted by molar-refractivity contribution is 6.31. The molecule has 3 aliphatic rings. The van der Waals surface area contributed by atoms with Gasteiger partial charge in [0.25, 0.3) is 0 Å². The third kappa shape index (κ3) is 6.06. The van der Waals surface area contributed by atoms with Crippen LogP contribution < -0.4 is 15.9 Å². The summed E-state index contributed by atoms with van der Waals surface area (Å²) in [7, 11) is 1.31. The lowest BCUT2D eigenvalue weighted by Gasteiger charge is -2.43. The first kappa shape index (κ1) is 33.9. The first-order chi connectivity index (χ1) is 22.2. The normalized spacial score (nSPS) is 27.0. The fourth-order valence-corrected chi connectivity index (χ4v) is 6.30. The molecule has 2 aliphatic carbocycles. The second-order valence-electron chi connectivity index (χ2n) is 11.7. The summed E-state index contributed by atoms with van der Waals surface area (Å²) in [6.07, 6.45) is -6.37. The van der Waals surface area contributed by atoms with E-state index in [1.807, 2.05) is 0 Å². The van der Waals surface area contributed by atoms with E-state index in [0.29, 0.717) is 0 Å². The van der Waals surface area contributed by atoms with Crippen LogP contribution in [0.2, 0.25) is 0 Å². The number of carbonyl (C=O) groups excluding carboxylic acids is 3. The molecule has 0 saturated carbocycles. The molecular formula is C31H35N3O13. The van der Waals surface area contributed by atoms with Gasteiger partial charge in [0, 0.05) is 48.4 Å². The van der Waals surface area contributed by atoms with Gasteiger partial charge in [0.2, 0.25) is 11.7 Å². The molecule has 0 radical (unpaired) electrons. The number of nitrogens with one attached hydrogen (secondary N) is 1. The number of hydrogen-bond acceptors (Lipinski definition) is 14. The smallest absolute Gasteiger partial charge is 0.303 e. The molecule has 2 aromatic carbocycles. The van der Waals surface area contributed by atoms with Crippen molar-refractivity contribution in [1.82, 2.24) is 5.43 Å². The van der Waals surface area contributed by atoms with E-state index < -0.39 is 120 Å². The van der Waals surface area contributed by atoms with E-state index in [0.717, 1.165) is 0 Å². The lowest BCUT2D eigenvalue weighted by atomic mass is 9.71. The molecule has 1 heterocycles. The lowest BCUT2D eigenvalue weighted by molar-refractivity contribution is -0.245. The average molecular weight is 658 g/mol. The number of phenolic OH excluding ortho intramolecular Hbond substituents is 2. The third-order valence-electron chi connectivity index (χ3n) is 8.71. The molecule has 6 atom stereocenters. The number of nitrogens with zero attached hydrogens (tertiary/aromatic N) is 1. The fraction of sp³-hybridized carbons (Fsp3) is 0.452. The summed E-state index contributed by atoms with van der Waals surface area (Å²) in [5.74, 6) is -5.04. The van der Waals surface area contributed by atoms with Crippen LogP contribution in [0.1, 0.15) is 81.7 Å². The zero-order valence-corrected chi connectivity index (χ0v) is 25.4. The molecule has 252 valence electrons. The van der Waals surface area contributed by atoms with Crippen molar-refractivity contribution in [3.05, 3.63) is 51.6 Å². The van der Waals surface area contributed by atoms with Gasteiger partial charge in [-0.25, -0.2) is 5.43 Å². The number of hydrazone groups is 1. The number of ether oxygens (including phenoxy) is 3. The number of aliphatic carboxylic acids is 1. The van der Waals surface area contributed by atoms with Crippen LogP contribution in [0.4, 0.5) is 0 Å². The number of aliphatic hydroxyl groups is 3. The zero-order valence-electron chi connectivity index (χ0n) is 25.4. The van der Waals surface area contributed by atoms with Gasteiger partial charge < -0.3 is 50.6 Å². The maximum Gasteiger partial charge on any atom is 0.303 e. The lowest BCUT2D eigenvalue weighted by Crippen LogP contribution is -2.53. The van der Waals surface area contributed by atoms with Gasteiger partial charge in [-0.05, 0) is 13.0 Å². The number of phenols is 2. The van der Waals surface area contributed by atoms with Gasteiger partial charge in [-0.2, -0.15) is 5.10 Å². The first-order valence-corrected chi connectivity index (χ1v) is 14.7. The van der Waals surface area contributed by atoms with Crippen LogP contribution in [0.3, 0.4) is 0 Å². The van der Waals surface area contributed by atoms with Crippen LogP contribution in [-0.4, -0.2) is 104 Å². The highest BCUT2D eigenvalue weighted by atomic mass is 16.7. The number of carboxylic acid groups (broad SMARTS) is 1. The Bertz CT molecular complexity index is 1660. The van der Waals surface area contributed by atoms with Gasteiger partial charge in [-0.3, -0.25) is 19.2 Å². The quantitative estimate of drug-likeness (QED) is 0.0839. The maximum absolute atomic E-state index is 13.8. The largest absolute Gasteiger partial charge is 0.507 e. The van der Waals surface area contributed by atoms with E-state index in [9.17, 15) is 44.7 Å². The number of carboxylic acids is 1. The average Bonchev–Trinajstić information content (AvgIpc) is 3.02. The Morgan fingerprint density at radius 3 is 2.47 bits per heavy atom. The number of ketones is 2. The standard InChI is InChI=1S/C31H35N3O13/c1-12-26(39)15(32)8-21(46-12)47-17-10-31(44,18(11-35)33-34-19(36)6-7-20(37)38)9-14-23(17)30(43)25-24(28(14)41)27(40)13-4-3-5-16(45-2)22(13)29(25)42/h3-5,12,15,17,21,26,35,39,41,43-44H,6-11,32H2,1-2H3,(H,34,36)(H,37,38)/b33-18+. The van der Waals surface area contributed by atoms with E-state index in [1.54, 1.807) is 6.92 Å². The number of amides is 1. The number of fused-ring (bicyclic) bond motifs is 3. The van der Waals surface area contributed by atoms with Crippen molar-refractivity contribution in [2.24, 2.45) is 10.8 Å². The molecular weight excluding hydrogens is 622 g/mol. The van der Waals surface area contributed by atoms with Gasteiger partial charge in [-0.15, -0.1) is 0 Å². The minimum Gasteiger partial charge on any atom is -0.507 e. The number of rotatable bonds is 9. The molecule has 0 aromatic heterocycles. The van der Waals surface area contributed by atoms with Crippen molar-refractivity contribution in [2.75, 3.05) is 13.7 Å². The number of benzene rings is 2. The summed E-state index contributed by atoms with van der Waals surface area (Å²) < 4.78 is 17.2. The van der Waals surface area contributed by atoms with E-state index in [4.69, 9.17) is 25.1 Å². The Hall–Kier alpha value is -4.45. The SMILES string of the molecule is COc1cccc2c1C(=O)c1c(O)c3c(c(O)c1C2=O)CC(O)(/C(CO)=N/NC(=O)CCC(=O)O)CC3OC1CC(N)C(O)C(C)O1. The molecule has 2 aromatic rings. The highest BCUT2D eigenvalue weighted by Crippen LogP contribution is 2.52. The predicted molar refractivity (Wildman–Crippen MR) is 159 cm³/mol. The summed E-state index contributed by atoms with van der Waals surface area (Å²) in [4.78, 5) is 50.6. The van der Waals surface area contributed by atoms with Gasteiger partial charge in [-0.1, -0.05) is 12.1 Å². The van der Waals surface area contributed by atoms with Gasteiger partial charge in [0.15, 0.2) is 12.1 Å². The van der Waals surface area contributed by atoms with Crippen LogP contribution >= 0.6 is 0 Å². The first-order valence-electron chi connectivity index (χ1n) is 14.7. The van der Waals surface area contributed by atoms with Crippen molar-refractivity contribution in [3.63, 3.8) is 0 Å². The summed E-state index contributed by atoms with van der Waals surface area (Å²) >= 11 is 0. The van der Waals surface area contributed by atoms with Crippen molar-refractivity contribution < 1.29 is 64.0 Å². The number of hydrogen-bond donors (Lipinski definition) is 8. The number of aliphatic hydroxyl groups excluding tert-OH is 2. The monoisotopic (exact) mass is 657 g/mol. The second kappa shape index (κ2) is 13.0.